The van der Waals surface area contributed by atoms with Gasteiger partial charge >= 0.3 is 0 Å². The molecule has 17 heavy (non-hydrogen) atoms. The predicted molar refractivity (Wildman–Crippen MR) is 66.6 cm³/mol. The SMILES string of the molecule is O=C(NCCCOCCCl)c1cccc(O)c1. The second-order valence-corrected chi connectivity index (χ2v) is 3.84. The lowest BCUT2D eigenvalue weighted by Gasteiger charge is -2.05. The summed E-state index contributed by atoms with van der Waals surface area (Å²) in [6, 6.07) is 6.24. The van der Waals surface area contributed by atoms with Crippen molar-refractivity contribution in [3.05, 3.63) is 29.8 Å². The zero-order valence-corrected chi connectivity index (χ0v) is 10.2. The number of amides is 1. The van der Waals surface area contributed by atoms with Crippen LogP contribution in [0.15, 0.2) is 24.3 Å². The highest BCUT2D eigenvalue weighted by Gasteiger charge is 2.04. The van der Waals surface area contributed by atoms with Crippen LogP contribution in [0.3, 0.4) is 0 Å². The van der Waals surface area contributed by atoms with Crippen molar-refractivity contribution >= 4 is 17.5 Å². The van der Waals surface area contributed by atoms with Gasteiger partial charge in [0.25, 0.3) is 5.91 Å². The predicted octanol–water partition coefficient (Wildman–Crippen LogP) is 1.77. The fourth-order valence-corrected chi connectivity index (χ4v) is 1.39. The van der Waals surface area contributed by atoms with Crippen LogP contribution >= 0.6 is 11.6 Å². The Hall–Kier alpha value is -1.26. The molecule has 0 atom stereocenters. The van der Waals surface area contributed by atoms with Crippen LogP contribution in [0.25, 0.3) is 0 Å². The Labute approximate surface area is 106 Å². The summed E-state index contributed by atoms with van der Waals surface area (Å²) < 4.78 is 5.17. The maximum Gasteiger partial charge on any atom is 0.251 e. The number of carbonyl (C=O) groups is 1. The van der Waals surface area contributed by atoms with Gasteiger partial charge in [0.05, 0.1) is 6.61 Å². The number of carbonyl (C=O) groups excluding carboxylic acids is 1. The molecule has 0 aliphatic rings. The Kier molecular flexibility index (Phi) is 6.43. The van der Waals surface area contributed by atoms with Crippen molar-refractivity contribution in [2.24, 2.45) is 0 Å². The van der Waals surface area contributed by atoms with Gasteiger partial charge in [-0.15, -0.1) is 11.6 Å². The summed E-state index contributed by atoms with van der Waals surface area (Å²) in [7, 11) is 0. The largest absolute Gasteiger partial charge is 0.508 e. The Balaban J connectivity index is 2.21. The lowest BCUT2D eigenvalue weighted by molar-refractivity contribution is 0.0944. The number of rotatable bonds is 7. The minimum atomic E-state index is -0.196. The molecule has 0 saturated heterocycles. The van der Waals surface area contributed by atoms with E-state index in [1.807, 2.05) is 0 Å². The number of halogens is 1. The average molecular weight is 258 g/mol. The van der Waals surface area contributed by atoms with Crippen molar-refractivity contribution in [3.63, 3.8) is 0 Å². The summed E-state index contributed by atoms with van der Waals surface area (Å²) in [6.45, 7) is 1.64. The quantitative estimate of drug-likeness (QED) is 0.578. The molecular formula is C12H16ClNO3. The van der Waals surface area contributed by atoms with Gasteiger partial charge in [-0.1, -0.05) is 6.07 Å². The van der Waals surface area contributed by atoms with Crippen molar-refractivity contribution in [3.8, 4) is 5.75 Å². The molecule has 0 aliphatic carbocycles. The lowest BCUT2D eigenvalue weighted by Crippen LogP contribution is -2.25. The Morgan fingerprint density at radius 1 is 1.41 bits per heavy atom. The number of ether oxygens (including phenoxy) is 1. The van der Waals surface area contributed by atoms with Gasteiger partial charge in [0.2, 0.25) is 0 Å². The molecule has 1 amide bonds. The van der Waals surface area contributed by atoms with Crippen LogP contribution in [0.4, 0.5) is 0 Å². The van der Waals surface area contributed by atoms with E-state index in [2.05, 4.69) is 5.32 Å². The second kappa shape index (κ2) is 7.92. The molecule has 2 N–H and O–H groups in total. The molecule has 0 bridgehead atoms. The number of hydrogen-bond donors (Lipinski definition) is 2. The molecule has 1 aromatic carbocycles. The molecule has 94 valence electrons. The molecule has 0 unspecified atom stereocenters. The Morgan fingerprint density at radius 3 is 2.94 bits per heavy atom. The van der Waals surface area contributed by atoms with E-state index in [0.717, 1.165) is 6.42 Å². The first-order chi connectivity index (χ1) is 8.24. The average Bonchev–Trinajstić information content (AvgIpc) is 2.33. The first-order valence-corrected chi connectivity index (χ1v) is 5.98. The Morgan fingerprint density at radius 2 is 2.24 bits per heavy atom. The number of hydrogen-bond acceptors (Lipinski definition) is 3. The zero-order valence-electron chi connectivity index (χ0n) is 9.49. The summed E-state index contributed by atoms with van der Waals surface area (Å²) in [5.74, 6) is 0.372. The zero-order chi connectivity index (χ0) is 12.5. The highest BCUT2D eigenvalue weighted by Crippen LogP contribution is 2.10. The van der Waals surface area contributed by atoms with E-state index in [1.165, 1.54) is 12.1 Å². The van der Waals surface area contributed by atoms with E-state index in [4.69, 9.17) is 16.3 Å². The number of aromatic hydroxyl groups is 1. The maximum absolute atomic E-state index is 11.6. The van der Waals surface area contributed by atoms with Crippen molar-refractivity contribution in [2.75, 3.05) is 25.6 Å². The van der Waals surface area contributed by atoms with E-state index >= 15 is 0 Å². The van der Waals surface area contributed by atoms with Crippen LogP contribution in [0, 0.1) is 0 Å². The summed E-state index contributed by atoms with van der Waals surface area (Å²) in [4.78, 5) is 11.6. The van der Waals surface area contributed by atoms with E-state index < -0.39 is 0 Å². The summed E-state index contributed by atoms with van der Waals surface area (Å²) in [6.07, 6.45) is 0.738. The van der Waals surface area contributed by atoms with E-state index in [9.17, 15) is 9.90 Å². The van der Waals surface area contributed by atoms with Crippen LogP contribution in [0.1, 0.15) is 16.8 Å². The lowest BCUT2D eigenvalue weighted by atomic mass is 10.2. The third-order valence-corrected chi connectivity index (χ3v) is 2.24. The number of phenols is 1. The summed E-state index contributed by atoms with van der Waals surface area (Å²) >= 11 is 5.44. The molecule has 1 aromatic rings. The number of phenolic OH excluding ortho intramolecular Hbond substituents is 1. The van der Waals surface area contributed by atoms with E-state index in [1.54, 1.807) is 12.1 Å². The maximum atomic E-state index is 11.6. The fraction of sp³-hybridized carbons (Fsp3) is 0.417. The second-order valence-electron chi connectivity index (χ2n) is 3.46. The number of alkyl halides is 1. The highest BCUT2D eigenvalue weighted by molar-refractivity contribution is 6.17. The number of nitrogens with one attached hydrogen (secondary N) is 1. The standard InChI is InChI=1S/C12H16ClNO3/c13-5-8-17-7-2-6-14-12(16)10-3-1-4-11(15)9-10/h1,3-4,9,15H,2,5-8H2,(H,14,16). The molecule has 4 nitrogen and oxygen atoms in total. The van der Waals surface area contributed by atoms with Gasteiger partial charge < -0.3 is 15.2 Å². The van der Waals surface area contributed by atoms with Crippen LogP contribution in [0.2, 0.25) is 0 Å². The summed E-state index contributed by atoms with van der Waals surface area (Å²) in [5, 5.41) is 12.0. The first kappa shape index (κ1) is 13.8. The molecule has 1 rings (SSSR count). The molecule has 0 aromatic heterocycles. The molecular weight excluding hydrogens is 242 g/mol. The molecule has 0 saturated carbocycles. The van der Waals surface area contributed by atoms with Crippen LogP contribution in [-0.2, 0) is 4.74 Å². The number of benzene rings is 1. The van der Waals surface area contributed by atoms with Crippen molar-refractivity contribution < 1.29 is 14.6 Å². The van der Waals surface area contributed by atoms with Crippen LogP contribution < -0.4 is 5.32 Å². The molecule has 0 spiro atoms. The van der Waals surface area contributed by atoms with Gasteiger partial charge in [0.15, 0.2) is 0 Å². The topological polar surface area (TPSA) is 58.6 Å². The molecule has 0 aliphatic heterocycles. The fourth-order valence-electron chi connectivity index (χ4n) is 1.28. The normalized spacial score (nSPS) is 10.2. The van der Waals surface area contributed by atoms with Crippen molar-refractivity contribution in [1.82, 2.24) is 5.32 Å². The van der Waals surface area contributed by atoms with Crippen LogP contribution in [-0.4, -0.2) is 36.7 Å². The first-order valence-electron chi connectivity index (χ1n) is 5.45. The highest BCUT2D eigenvalue weighted by atomic mass is 35.5. The molecule has 0 radical (unpaired) electrons. The van der Waals surface area contributed by atoms with Gasteiger partial charge in [0.1, 0.15) is 5.75 Å². The van der Waals surface area contributed by atoms with Gasteiger partial charge in [-0.3, -0.25) is 4.79 Å². The smallest absolute Gasteiger partial charge is 0.251 e. The molecule has 5 heteroatoms. The van der Waals surface area contributed by atoms with Gasteiger partial charge in [-0.25, -0.2) is 0 Å². The van der Waals surface area contributed by atoms with Gasteiger partial charge in [-0.2, -0.15) is 0 Å². The van der Waals surface area contributed by atoms with E-state index in [-0.39, 0.29) is 11.7 Å². The summed E-state index contributed by atoms with van der Waals surface area (Å²) in [5.41, 5.74) is 0.451. The third kappa shape index (κ3) is 5.56. The van der Waals surface area contributed by atoms with Gasteiger partial charge in [-0.05, 0) is 24.6 Å². The Bertz CT molecular complexity index is 357. The minimum absolute atomic E-state index is 0.0862. The molecule has 0 heterocycles. The monoisotopic (exact) mass is 257 g/mol. The van der Waals surface area contributed by atoms with E-state index in [0.29, 0.717) is 31.2 Å². The van der Waals surface area contributed by atoms with Crippen molar-refractivity contribution in [2.45, 2.75) is 6.42 Å². The van der Waals surface area contributed by atoms with Crippen LogP contribution in [0.5, 0.6) is 5.75 Å². The molecule has 0 fully saturated rings. The van der Waals surface area contributed by atoms with Crippen molar-refractivity contribution in [1.29, 1.82) is 0 Å². The third-order valence-electron chi connectivity index (χ3n) is 2.08. The van der Waals surface area contributed by atoms with Gasteiger partial charge in [0, 0.05) is 24.6 Å². The minimum Gasteiger partial charge on any atom is -0.508 e.